The van der Waals surface area contributed by atoms with Crippen LogP contribution in [0.3, 0.4) is 0 Å². The van der Waals surface area contributed by atoms with Gasteiger partial charge in [0, 0.05) is 7.11 Å². The molecule has 0 aliphatic carbocycles. The van der Waals surface area contributed by atoms with Crippen molar-refractivity contribution < 1.29 is 73.3 Å². The first kappa shape index (κ1) is 26.8. The zero-order valence-electron chi connectivity index (χ0n) is 8.03. The van der Waals surface area contributed by atoms with Crippen molar-refractivity contribution >= 4 is 33.0 Å². The molecule has 4 atom stereocenters. The molecule has 0 radical (unpaired) electrons. The molecule has 16 heteroatoms. The van der Waals surface area contributed by atoms with Gasteiger partial charge in [0.25, 0.3) is 0 Å². The predicted octanol–water partition coefficient (Wildman–Crippen LogP) is -3.39. The molecule has 0 saturated heterocycles. The van der Waals surface area contributed by atoms with Crippen molar-refractivity contribution in [1.82, 2.24) is 0 Å². The molecular weight excluding hydrogens is 360 g/mol. The minimum absolute atomic E-state index is 0. The van der Waals surface area contributed by atoms with Crippen LogP contribution in [0.1, 0.15) is 0 Å². The quantitative estimate of drug-likeness (QED) is 0.383. The number of hydrogen-bond acceptors (Lipinski definition) is 11. The average Bonchev–Trinajstić information content (AvgIpc) is 2.03. The molecule has 0 amide bonds. The Morgan fingerprint density at radius 2 is 0.824 bits per heavy atom. The Morgan fingerprint density at radius 3 is 0.824 bits per heavy atom. The molecule has 0 rings (SSSR count). The molecule has 17 heavy (non-hydrogen) atoms. The zero-order chi connectivity index (χ0) is 13.7. The van der Waals surface area contributed by atoms with Gasteiger partial charge in [0.1, 0.15) is 33.0 Å². The van der Waals surface area contributed by atoms with Crippen molar-refractivity contribution in [3.05, 3.63) is 0 Å². The Kier molecular flexibility index (Phi) is 31.1. The van der Waals surface area contributed by atoms with Crippen LogP contribution in [-0.4, -0.2) is 12.2 Å². The van der Waals surface area contributed by atoms with E-state index in [-0.39, 0.29) is 21.7 Å². The number of aliphatic hydroxyl groups excluding tert-OH is 1. The molecular formula is CH8O11P4Ti. The Morgan fingerprint density at radius 1 is 0.706 bits per heavy atom. The predicted molar refractivity (Wildman–Crippen MR) is 46.3 cm³/mol. The van der Waals surface area contributed by atoms with Crippen LogP contribution in [0.5, 0.6) is 0 Å². The van der Waals surface area contributed by atoms with Crippen LogP contribution in [0, 0.1) is 0 Å². The fourth-order valence-electron chi connectivity index (χ4n) is 0.136. The van der Waals surface area contributed by atoms with E-state index in [4.69, 9.17) is 5.11 Å². The van der Waals surface area contributed by atoms with Gasteiger partial charge in [0.2, 0.25) is 0 Å². The van der Waals surface area contributed by atoms with Gasteiger partial charge in [-0.15, -0.1) is 0 Å². The zero-order valence-corrected chi connectivity index (χ0v) is 13.6. The average molecular weight is 368 g/mol. The van der Waals surface area contributed by atoms with E-state index in [1.807, 2.05) is 0 Å². The van der Waals surface area contributed by atoms with Crippen LogP contribution in [0.2, 0.25) is 0 Å². The van der Waals surface area contributed by atoms with Gasteiger partial charge in [0.05, 0.1) is 0 Å². The van der Waals surface area contributed by atoms with E-state index in [0.29, 0.717) is 0 Å². The smallest absolute Gasteiger partial charge is 0.781 e. The second kappa shape index (κ2) is 19.7. The SMILES string of the molecule is CO.O=[PH]([O-])O[PH](=O)[O-].O=[PH]([O-])O[PH](=O)[O-].[Ti+4]. The first-order valence-corrected chi connectivity index (χ1v) is 7.80. The van der Waals surface area contributed by atoms with Crippen LogP contribution in [-0.2, 0) is 48.6 Å². The third-order valence-electron chi connectivity index (χ3n) is 0.333. The summed E-state index contributed by atoms with van der Waals surface area (Å²) in [7, 11) is -13.1. The maximum absolute atomic E-state index is 9.29. The van der Waals surface area contributed by atoms with Gasteiger partial charge in [-0.25, -0.2) is 0 Å². The minimum Gasteiger partial charge on any atom is -0.781 e. The Bertz CT molecular complexity index is 202. The molecule has 0 fully saturated rings. The molecule has 0 bridgehead atoms. The summed E-state index contributed by atoms with van der Waals surface area (Å²) in [5.41, 5.74) is 0. The summed E-state index contributed by atoms with van der Waals surface area (Å²) in [6, 6.07) is 0. The standard InChI is InChI=1S/CH4O.2H4O5P2.Ti/c1-2;2*1-6(2)5-7(3)4;/h2H,1H3;2*6-7H,(H,1,2)(H,3,4);/q;;;+4/p-4. The topological polar surface area (TPSA) is 199 Å². The Hall–Kier alpha value is 1.35. The molecule has 1 N–H and O–H groups in total. The molecule has 0 aromatic carbocycles. The Labute approximate surface area is 113 Å². The summed E-state index contributed by atoms with van der Waals surface area (Å²) >= 11 is 0. The van der Waals surface area contributed by atoms with Gasteiger partial charge in [-0.3, -0.25) is 8.62 Å². The first-order chi connectivity index (χ1) is 7.25. The van der Waals surface area contributed by atoms with Gasteiger partial charge >= 0.3 is 21.7 Å². The second-order valence-corrected chi connectivity index (χ2v) is 4.84. The largest absolute Gasteiger partial charge is 4.00 e. The monoisotopic (exact) mass is 368 g/mol. The van der Waals surface area contributed by atoms with E-state index < -0.39 is 33.0 Å². The fraction of sp³-hybridized carbons (Fsp3) is 1.00. The summed E-state index contributed by atoms with van der Waals surface area (Å²) < 4.78 is 43.6. The molecule has 0 saturated carbocycles. The van der Waals surface area contributed by atoms with Crippen LogP contribution >= 0.6 is 33.0 Å². The number of aliphatic hydroxyl groups is 1. The van der Waals surface area contributed by atoms with E-state index in [2.05, 4.69) is 8.62 Å². The molecule has 0 aliphatic heterocycles. The van der Waals surface area contributed by atoms with Crippen LogP contribution < -0.4 is 19.6 Å². The van der Waals surface area contributed by atoms with E-state index in [1.54, 1.807) is 0 Å². The van der Waals surface area contributed by atoms with E-state index in [0.717, 1.165) is 7.11 Å². The molecule has 102 valence electrons. The molecule has 0 heterocycles. The second-order valence-electron chi connectivity index (χ2n) is 1.20. The maximum atomic E-state index is 9.29. The molecule has 0 aromatic rings. The molecule has 11 nitrogen and oxygen atoms in total. The Balaban J connectivity index is -0.0000000823. The summed E-state index contributed by atoms with van der Waals surface area (Å²) in [5.74, 6) is 0. The van der Waals surface area contributed by atoms with Crippen LogP contribution in [0.15, 0.2) is 0 Å². The molecule has 0 aromatic heterocycles. The van der Waals surface area contributed by atoms with Gasteiger partial charge in [-0.2, -0.15) is 0 Å². The summed E-state index contributed by atoms with van der Waals surface area (Å²) in [5, 5.41) is 7.00. The fourth-order valence-corrected chi connectivity index (χ4v) is 1.22. The number of hydrogen-bond donors (Lipinski definition) is 1. The van der Waals surface area contributed by atoms with Crippen molar-refractivity contribution in [2.45, 2.75) is 0 Å². The third-order valence-corrected chi connectivity index (χ3v) is 3.00. The van der Waals surface area contributed by atoms with E-state index in [1.165, 1.54) is 0 Å². The molecule has 4 unspecified atom stereocenters. The van der Waals surface area contributed by atoms with Gasteiger partial charge < -0.3 is 42.9 Å². The third kappa shape index (κ3) is 46.8. The van der Waals surface area contributed by atoms with Crippen molar-refractivity contribution in [1.29, 1.82) is 0 Å². The van der Waals surface area contributed by atoms with E-state index in [9.17, 15) is 37.8 Å². The first-order valence-electron chi connectivity index (χ1n) is 2.90. The van der Waals surface area contributed by atoms with Crippen molar-refractivity contribution in [2.24, 2.45) is 0 Å². The normalized spacial score (nSPS) is 15.6. The molecule has 0 spiro atoms. The van der Waals surface area contributed by atoms with Gasteiger partial charge in [-0.05, 0) is 0 Å². The minimum atomic E-state index is -3.51. The van der Waals surface area contributed by atoms with Crippen LogP contribution in [0.25, 0.3) is 0 Å². The van der Waals surface area contributed by atoms with E-state index >= 15 is 0 Å². The summed E-state index contributed by atoms with van der Waals surface area (Å²) in [4.78, 5) is 37.1. The van der Waals surface area contributed by atoms with Crippen molar-refractivity contribution in [2.75, 3.05) is 7.11 Å². The molecule has 0 aliphatic rings. The summed E-state index contributed by atoms with van der Waals surface area (Å²) in [6.45, 7) is 0. The maximum Gasteiger partial charge on any atom is 4.00 e. The van der Waals surface area contributed by atoms with Crippen molar-refractivity contribution in [3.63, 3.8) is 0 Å². The van der Waals surface area contributed by atoms with Gasteiger partial charge in [0.15, 0.2) is 0 Å². The van der Waals surface area contributed by atoms with Gasteiger partial charge in [-0.1, -0.05) is 0 Å². The number of rotatable bonds is 4. The summed E-state index contributed by atoms with van der Waals surface area (Å²) in [6.07, 6.45) is 0. The van der Waals surface area contributed by atoms with Crippen molar-refractivity contribution in [3.8, 4) is 0 Å². The van der Waals surface area contributed by atoms with Crippen LogP contribution in [0.4, 0.5) is 0 Å².